The van der Waals surface area contributed by atoms with Gasteiger partial charge in [-0.15, -0.1) is 0 Å². The first-order chi connectivity index (χ1) is 28.8. The molecule has 0 amide bonds. The first kappa shape index (κ1) is 38.7. The van der Waals surface area contributed by atoms with Crippen molar-refractivity contribution in [2.24, 2.45) is 0 Å². The molecular weight excluding hydrogens is 948 g/mol. The summed E-state index contributed by atoms with van der Waals surface area (Å²) in [5.41, 5.74) is 0. The van der Waals surface area contributed by atoms with Crippen LogP contribution in [0.5, 0.6) is 0 Å². The summed E-state index contributed by atoms with van der Waals surface area (Å²) in [4.78, 5) is 0. The Morgan fingerprint density at radius 2 is 0.224 bits per heavy atom. The van der Waals surface area contributed by atoms with Crippen molar-refractivity contribution in [2.45, 2.75) is 0 Å². The van der Waals surface area contributed by atoms with Crippen molar-refractivity contribution < 1.29 is 0 Å². The summed E-state index contributed by atoms with van der Waals surface area (Å²) in [6.45, 7) is 0. The van der Waals surface area contributed by atoms with Gasteiger partial charge in [0.2, 0.25) is 0 Å². The quantitative estimate of drug-likeness (QED) is 0.164. The molecule has 0 unspecified atom stereocenters. The molecule has 4 heteroatoms. The Balaban J connectivity index is 1.13. The van der Waals surface area contributed by atoms with Crippen LogP contribution in [0.2, 0.25) is 0 Å². The van der Waals surface area contributed by atoms with Gasteiger partial charge in [0, 0.05) is 0 Å². The Labute approximate surface area is 362 Å². The molecule has 0 atom stereocenters. The second-order valence-corrected chi connectivity index (χ2v) is 32.5. The molecule has 0 aromatic heterocycles. The standard InChI is InChI=1S/C54H42As4/c1-7-19-43(20-8-1)55(44-21-9-2-10-22-44)49-31-37-52(38-32-49)58(53-39-33-50(34-40-53)56(45-23-11-3-12-24-45)46-25-13-4-14-26-46)54-41-35-51(36-42-54)57(47-27-15-5-16-28-47)48-29-17-6-18-30-48/h1-42H. The molecule has 0 radical (unpaired) electrons. The SMILES string of the molecule is c1ccc([As](c2ccccc2)c2ccc([As](c3ccc([As](c4ccccc4)c4ccccc4)cc3)c3ccc([As](c4ccccc4)c4ccccc4)cc3)cc2)cc1. The molecule has 0 aliphatic rings. The van der Waals surface area contributed by atoms with E-state index in [1.807, 2.05) is 0 Å². The van der Waals surface area contributed by atoms with Gasteiger partial charge in [0.15, 0.2) is 0 Å². The molecule has 0 N–H and O–H groups in total. The molecule has 0 heterocycles. The fourth-order valence-electron chi connectivity index (χ4n) is 7.50. The second-order valence-electron chi connectivity index (χ2n) is 13.9. The minimum absolute atomic E-state index is 1.46. The predicted octanol–water partition coefficient (Wildman–Crippen LogP) is 3.75. The predicted molar refractivity (Wildman–Crippen MR) is 257 cm³/mol. The molecule has 9 aromatic carbocycles. The van der Waals surface area contributed by atoms with Gasteiger partial charge >= 0.3 is 366 Å². The van der Waals surface area contributed by atoms with Crippen molar-refractivity contribution >= 4 is 111 Å². The summed E-state index contributed by atoms with van der Waals surface area (Å²) < 4.78 is 17.6. The Kier molecular flexibility index (Phi) is 12.6. The topological polar surface area (TPSA) is 0 Å². The van der Waals surface area contributed by atoms with Crippen molar-refractivity contribution in [1.29, 1.82) is 0 Å². The molecule has 278 valence electrons. The first-order valence-corrected chi connectivity index (χ1v) is 30.9. The van der Waals surface area contributed by atoms with E-state index >= 15 is 0 Å². The van der Waals surface area contributed by atoms with E-state index in [1.165, 1.54) is 52.2 Å². The summed E-state index contributed by atoms with van der Waals surface area (Å²) >= 11 is -7.15. The van der Waals surface area contributed by atoms with Gasteiger partial charge in [0.05, 0.1) is 0 Å². The summed E-state index contributed by atoms with van der Waals surface area (Å²) in [5, 5.41) is 0. The monoisotopic (exact) mass is 990 g/mol. The maximum atomic E-state index is 2.47. The van der Waals surface area contributed by atoms with Gasteiger partial charge in [-0.2, -0.15) is 0 Å². The van der Waals surface area contributed by atoms with E-state index in [2.05, 4.69) is 255 Å². The van der Waals surface area contributed by atoms with E-state index in [-0.39, 0.29) is 0 Å². The van der Waals surface area contributed by atoms with E-state index in [4.69, 9.17) is 0 Å². The number of benzene rings is 9. The molecule has 9 rings (SSSR count). The van der Waals surface area contributed by atoms with E-state index < -0.39 is 58.6 Å². The third-order valence-electron chi connectivity index (χ3n) is 10.2. The van der Waals surface area contributed by atoms with Crippen LogP contribution in [0.4, 0.5) is 0 Å². The zero-order chi connectivity index (χ0) is 38.9. The fraction of sp³-hybridized carbons (Fsp3) is 0. The average Bonchev–Trinajstić information content (AvgIpc) is 3.30. The van der Waals surface area contributed by atoms with Crippen LogP contribution in [0.3, 0.4) is 0 Å². The Hall–Kier alpha value is -4.79. The van der Waals surface area contributed by atoms with Crippen LogP contribution in [-0.4, -0.2) is 58.6 Å². The average molecular weight is 991 g/mol. The van der Waals surface area contributed by atoms with E-state index in [1.54, 1.807) is 0 Å². The van der Waals surface area contributed by atoms with Crippen molar-refractivity contribution in [3.63, 3.8) is 0 Å². The molecular formula is C54H42As4. The molecule has 0 spiro atoms. The van der Waals surface area contributed by atoms with Crippen LogP contribution in [0, 0.1) is 0 Å². The van der Waals surface area contributed by atoms with Gasteiger partial charge in [0.1, 0.15) is 0 Å². The molecule has 58 heavy (non-hydrogen) atoms. The van der Waals surface area contributed by atoms with Crippen LogP contribution in [0.1, 0.15) is 0 Å². The number of rotatable bonds is 12. The van der Waals surface area contributed by atoms with Crippen LogP contribution in [0.25, 0.3) is 0 Å². The molecule has 0 aliphatic carbocycles. The molecule has 0 nitrogen and oxygen atoms in total. The third-order valence-corrected chi connectivity index (χ3v) is 30.7. The van der Waals surface area contributed by atoms with Gasteiger partial charge in [-0.25, -0.2) is 0 Å². The minimum atomic E-state index is -1.96. The van der Waals surface area contributed by atoms with Gasteiger partial charge < -0.3 is 0 Å². The fourth-order valence-corrected chi connectivity index (χ4v) is 26.6. The van der Waals surface area contributed by atoms with Gasteiger partial charge in [-0.1, -0.05) is 0 Å². The summed E-state index contributed by atoms with van der Waals surface area (Å²) in [5.74, 6) is 0. The van der Waals surface area contributed by atoms with Crippen molar-refractivity contribution in [1.82, 2.24) is 0 Å². The molecule has 0 fully saturated rings. The molecule has 0 bridgehead atoms. The normalized spacial score (nSPS) is 11.4. The van der Waals surface area contributed by atoms with Crippen LogP contribution in [-0.2, 0) is 0 Å². The van der Waals surface area contributed by atoms with E-state index in [0.29, 0.717) is 0 Å². The molecule has 0 saturated carbocycles. The van der Waals surface area contributed by atoms with Crippen molar-refractivity contribution in [2.75, 3.05) is 0 Å². The van der Waals surface area contributed by atoms with Gasteiger partial charge in [0.25, 0.3) is 0 Å². The molecule has 9 aromatic rings. The molecule has 0 aliphatic heterocycles. The maximum absolute atomic E-state index is 2.47. The van der Waals surface area contributed by atoms with Crippen molar-refractivity contribution in [3.8, 4) is 0 Å². The zero-order valence-electron chi connectivity index (χ0n) is 32.0. The Bertz CT molecular complexity index is 2200. The summed E-state index contributed by atoms with van der Waals surface area (Å²) in [7, 11) is 0. The van der Waals surface area contributed by atoms with Gasteiger partial charge in [-0.05, 0) is 0 Å². The third kappa shape index (κ3) is 8.79. The number of hydrogen-bond acceptors (Lipinski definition) is 0. The van der Waals surface area contributed by atoms with Gasteiger partial charge in [-0.3, -0.25) is 0 Å². The van der Waals surface area contributed by atoms with Crippen LogP contribution >= 0.6 is 0 Å². The van der Waals surface area contributed by atoms with Crippen LogP contribution < -0.4 is 52.2 Å². The van der Waals surface area contributed by atoms with Crippen molar-refractivity contribution in [3.05, 3.63) is 255 Å². The summed E-state index contributed by atoms with van der Waals surface area (Å²) in [6, 6.07) is 96.6. The first-order valence-electron chi connectivity index (χ1n) is 19.6. The van der Waals surface area contributed by atoms with E-state index in [0.717, 1.165) is 0 Å². The number of hydrogen-bond donors (Lipinski definition) is 0. The summed E-state index contributed by atoms with van der Waals surface area (Å²) in [6.07, 6.45) is 0. The Morgan fingerprint density at radius 3 is 0.345 bits per heavy atom. The second kappa shape index (κ2) is 18.9. The van der Waals surface area contributed by atoms with Crippen LogP contribution in [0.15, 0.2) is 255 Å². The van der Waals surface area contributed by atoms with E-state index in [9.17, 15) is 0 Å². The molecule has 0 saturated heterocycles. The zero-order valence-corrected chi connectivity index (χ0v) is 39.5. The Morgan fingerprint density at radius 1 is 0.121 bits per heavy atom.